The number of nitrogens with one attached hydrogen (secondary N) is 1. The summed E-state index contributed by atoms with van der Waals surface area (Å²) in [7, 11) is 3.09. The third-order valence-electron chi connectivity index (χ3n) is 3.99. The number of rotatable bonds is 6. The lowest BCUT2D eigenvalue weighted by Crippen LogP contribution is -2.29. The van der Waals surface area contributed by atoms with Gasteiger partial charge >= 0.3 is 0 Å². The second-order valence-electron chi connectivity index (χ2n) is 5.81. The first-order valence-corrected chi connectivity index (χ1v) is 8.74. The van der Waals surface area contributed by atoms with Crippen LogP contribution in [0.2, 0.25) is 5.02 Å². The number of ether oxygens (including phenoxy) is 2. The van der Waals surface area contributed by atoms with Gasteiger partial charge in [-0.2, -0.15) is 5.10 Å². The van der Waals surface area contributed by atoms with Gasteiger partial charge in [0.05, 0.1) is 30.6 Å². The van der Waals surface area contributed by atoms with Crippen LogP contribution < -0.4 is 20.3 Å². The lowest BCUT2D eigenvalue weighted by atomic mass is 10.1. The first-order chi connectivity index (χ1) is 13.5. The van der Waals surface area contributed by atoms with E-state index in [0.717, 1.165) is 10.2 Å². The van der Waals surface area contributed by atoms with Gasteiger partial charge in [-0.3, -0.25) is 9.59 Å². The van der Waals surface area contributed by atoms with Crippen molar-refractivity contribution in [2.45, 2.75) is 6.54 Å². The van der Waals surface area contributed by atoms with Crippen LogP contribution in [0.25, 0.3) is 11.3 Å². The highest BCUT2D eigenvalue weighted by molar-refractivity contribution is 6.33. The molecule has 0 saturated carbocycles. The SMILES string of the molecule is COc1ccc(-c2ccc(=O)n(CC(=O)Nc3ccccc3Cl)n2)cc1OC. The molecule has 0 aliphatic rings. The minimum Gasteiger partial charge on any atom is -0.493 e. The third-order valence-corrected chi connectivity index (χ3v) is 4.32. The van der Waals surface area contributed by atoms with E-state index in [9.17, 15) is 9.59 Å². The average molecular weight is 400 g/mol. The normalized spacial score (nSPS) is 10.4. The smallest absolute Gasteiger partial charge is 0.267 e. The number of nitrogens with zero attached hydrogens (tertiary/aromatic N) is 2. The summed E-state index contributed by atoms with van der Waals surface area (Å²) in [5.41, 5.74) is 1.32. The number of aromatic nitrogens is 2. The molecule has 0 atom stereocenters. The minimum absolute atomic E-state index is 0.245. The Morgan fingerprint density at radius 2 is 1.82 bits per heavy atom. The summed E-state index contributed by atoms with van der Waals surface area (Å²) in [5, 5.41) is 7.38. The number of hydrogen-bond donors (Lipinski definition) is 1. The van der Waals surface area contributed by atoms with Gasteiger partial charge in [-0.1, -0.05) is 23.7 Å². The molecule has 1 heterocycles. The zero-order valence-electron chi connectivity index (χ0n) is 15.3. The molecule has 0 fully saturated rings. The van der Waals surface area contributed by atoms with E-state index in [2.05, 4.69) is 10.4 Å². The Hall–Kier alpha value is -3.32. The quantitative estimate of drug-likeness (QED) is 0.688. The number of anilines is 1. The van der Waals surface area contributed by atoms with E-state index in [1.165, 1.54) is 13.2 Å². The fraction of sp³-hybridized carbons (Fsp3) is 0.150. The minimum atomic E-state index is -0.410. The van der Waals surface area contributed by atoms with E-state index in [4.69, 9.17) is 21.1 Å². The van der Waals surface area contributed by atoms with Crippen molar-refractivity contribution in [1.82, 2.24) is 9.78 Å². The van der Waals surface area contributed by atoms with E-state index in [0.29, 0.717) is 27.9 Å². The van der Waals surface area contributed by atoms with Crippen LogP contribution in [0, 0.1) is 0 Å². The number of hydrogen-bond acceptors (Lipinski definition) is 5. The first-order valence-electron chi connectivity index (χ1n) is 8.37. The molecule has 7 nitrogen and oxygen atoms in total. The van der Waals surface area contributed by atoms with Crippen LogP contribution in [0.4, 0.5) is 5.69 Å². The summed E-state index contributed by atoms with van der Waals surface area (Å²) in [6, 6.07) is 15.1. The van der Waals surface area contributed by atoms with Gasteiger partial charge in [0.1, 0.15) is 6.54 Å². The molecular weight excluding hydrogens is 382 g/mol. The molecular formula is C20H18ClN3O4. The maximum Gasteiger partial charge on any atom is 0.267 e. The summed E-state index contributed by atoms with van der Waals surface area (Å²) < 4.78 is 11.6. The fourth-order valence-corrected chi connectivity index (χ4v) is 2.78. The lowest BCUT2D eigenvalue weighted by molar-refractivity contribution is -0.117. The van der Waals surface area contributed by atoms with Crippen LogP contribution in [0.15, 0.2) is 59.4 Å². The third kappa shape index (κ3) is 4.32. The average Bonchev–Trinajstić information content (AvgIpc) is 2.71. The van der Waals surface area contributed by atoms with Crippen LogP contribution in [0.5, 0.6) is 11.5 Å². The van der Waals surface area contributed by atoms with Crippen molar-refractivity contribution in [1.29, 1.82) is 0 Å². The highest BCUT2D eigenvalue weighted by Gasteiger charge is 2.11. The Bertz CT molecular complexity index is 1070. The number of para-hydroxylation sites is 1. The van der Waals surface area contributed by atoms with Crippen LogP contribution in [-0.2, 0) is 11.3 Å². The molecule has 0 aliphatic heterocycles. The summed E-state index contributed by atoms with van der Waals surface area (Å²) in [5.74, 6) is 0.710. The number of carbonyl (C=O) groups excluding carboxylic acids is 1. The van der Waals surface area contributed by atoms with Gasteiger partial charge in [-0.05, 0) is 36.4 Å². The van der Waals surface area contributed by atoms with Crippen molar-refractivity contribution >= 4 is 23.2 Å². The van der Waals surface area contributed by atoms with E-state index in [1.54, 1.807) is 55.6 Å². The fourth-order valence-electron chi connectivity index (χ4n) is 2.60. The van der Waals surface area contributed by atoms with Crippen LogP contribution >= 0.6 is 11.6 Å². The Balaban J connectivity index is 1.85. The maximum atomic E-state index is 12.3. The van der Waals surface area contributed by atoms with Crippen molar-refractivity contribution in [3.8, 4) is 22.8 Å². The predicted octanol–water partition coefficient (Wildman–Crippen LogP) is 3.22. The molecule has 3 aromatic rings. The van der Waals surface area contributed by atoms with Crippen LogP contribution in [0.1, 0.15) is 0 Å². The topological polar surface area (TPSA) is 82.5 Å². The molecule has 1 amide bonds. The predicted molar refractivity (Wildman–Crippen MR) is 107 cm³/mol. The molecule has 1 N–H and O–H groups in total. The summed E-state index contributed by atoms with van der Waals surface area (Å²) >= 11 is 6.04. The highest BCUT2D eigenvalue weighted by atomic mass is 35.5. The van der Waals surface area contributed by atoms with Crippen molar-refractivity contribution in [3.05, 3.63) is 70.0 Å². The van der Waals surface area contributed by atoms with Crippen molar-refractivity contribution in [2.75, 3.05) is 19.5 Å². The van der Waals surface area contributed by atoms with Gasteiger partial charge in [0.15, 0.2) is 11.5 Å². The molecule has 0 aliphatic carbocycles. The summed E-state index contributed by atoms with van der Waals surface area (Å²) in [4.78, 5) is 24.4. The van der Waals surface area contributed by atoms with Gasteiger partial charge in [-0.25, -0.2) is 4.68 Å². The second kappa shape index (κ2) is 8.58. The molecule has 1 aromatic heterocycles. The zero-order chi connectivity index (χ0) is 20.1. The molecule has 2 aromatic carbocycles. The molecule has 0 spiro atoms. The van der Waals surface area contributed by atoms with Crippen LogP contribution in [-0.4, -0.2) is 29.9 Å². The Kier molecular flexibility index (Phi) is 5.96. The summed E-state index contributed by atoms with van der Waals surface area (Å²) in [6.07, 6.45) is 0. The van der Waals surface area contributed by atoms with Crippen molar-refractivity contribution < 1.29 is 14.3 Å². The Labute approximate surface area is 166 Å². The second-order valence-corrected chi connectivity index (χ2v) is 6.22. The Morgan fingerprint density at radius 1 is 1.07 bits per heavy atom. The van der Waals surface area contributed by atoms with Crippen LogP contribution in [0.3, 0.4) is 0 Å². The van der Waals surface area contributed by atoms with E-state index < -0.39 is 11.5 Å². The zero-order valence-corrected chi connectivity index (χ0v) is 16.1. The van der Waals surface area contributed by atoms with Gasteiger partial charge in [-0.15, -0.1) is 0 Å². The monoisotopic (exact) mass is 399 g/mol. The molecule has 8 heteroatoms. The maximum absolute atomic E-state index is 12.3. The number of benzene rings is 2. The lowest BCUT2D eigenvalue weighted by Gasteiger charge is -2.11. The molecule has 0 bridgehead atoms. The van der Waals surface area contributed by atoms with E-state index in [-0.39, 0.29) is 6.54 Å². The van der Waals surface area contributed by atoms with Crippen molar-refractivity contribution in [2.24, 2.45) is 0 Å². The molecule has 0 radical (unpaired) electrons. The molecule has 144 valence electrons. The molecule has 0 saturated heterocycles. The van der Waals surface area contributed by atoms with E-state index >= 15 is 0 Å². The number of amides is 1. The van der Waals surface area contributed by atoms with Gasteiger partial charge in [0, 0.05) is 11.6 Å². The van der Waals surface area contributed by atoms with Gasteiger partial charge in [0.2, 0.25) is 5.91 Å². The van der Waals surface area contributed by atoms with E-state index in [1.807, 2.05) is 0 Å². The number of carbonyl (C=O) groups is 1. The number of methoxy groups -OCH3 is 2. The number of halogens is 1. The van der Waals surface area contributed by atoms with Gasteiger partial charge < -0.3 is 14.8 Å². The standard InChI is InChI=1S/C20H18ClN3O4/c1-27-17-9-7-13(11-18(17)28-2)15-8-10-20(26)24(23-15)12-19(25)22-16-6-4-3-5-14(16)21/h3-11H,12H2,1-2H3,(H,22,25). The van der Waals surface area contributed by atoms with Gasteiger partial charge in [0.25, 0.3) is 5.56 Å². The highest BCUT2D eigenvalue weighted by Crippen LogP contribution is 2.31. The molecule has 28 heavy (non-hydrogen) atoms. The largest absolute Gasteiger partial charge is 0.493 e. The van der Waals surface area contributed by atoms with Crippen molar-refractivity contribution in [3.63, 3.8) is 0 Å². The Morgan fingerprint density at radius 3 is 2.54 bits per heavy atom. The summed E-state index contributed by atoms with van der Waals surface area (Å²) in [6.45, 7) is -0.245. The first kappa shape index (κ1) is 19.4. The molecule has 0 unspecified atom stereocenters. The molecule has 3 rings (SSSR count).